The number of hydrogen-bond acceptors (Lipinski definition) is 6. The number of rotatable bonds is 5. The van der Waals surface area contributed by atoms with Crippen LogP contribution in [0, 0.1) is 6.92 Å². The number of halogens is 1. The molecule has 30 heavy (non-hydrogen) atoms. The lowest BCUT2D eigenvalue weighted by Gasteiger charge is -2.43. The molecule has 1 fully saturated rings. The third-order valence-electron chi connectivity index (χ3n) is 5.42. The fraction of sp³-hybridized carbons (Fsp3) is 0.364. The zero-order valence-electron chi connectivity index (χ0n) is 16.9. The van der Waals surface area contributed by atoms with E-state index in [0.29, 0.717) is 29.1 Å². The second-order valence-electron chi connectivity index (χ2n) is 7.13. The van der Waals surface area contributed by atoms with Gasteiger partial charge in [-0.1, -0.05) is 29.8 Å². The monoisotopic (exact) mass is 430 g/mol. The largest absolute Gasteiger partial charge is 0.424 e. The Morgan fingerprint density at radius 3 is 2.63 bits per heavy atom. The van der Waals surface area contributed by atoms with Crippen molar-refractivity contribution >= 4 is 29.4 Å². The smallest absolute Gasteiger partial charge is 0.413 e. The van der Waals surface area contributed by atoms with E-state index >= 15 is 0 Å². The van der Waals surface area contributed by atoms with Gasteiger partial charge in [0.2, 0.25) is 6.79 Å². The van der Waals surface area contributed by atoms with Crippen molar-refractivity contribution in [2.24, 2.45) is 0 Å². The van der Waals surface area contributed by atoms with Crippen LogP contribution >= 0.6 is 11.6 Å². The van der Waals surface area contributed by atoms with Gasteiger partial charge in [-0.25, -0.2) is 9.59 Å². The Bertz CT molecular complexity index is 964. The number of pyridine rings is 1. The molecule has 8 heteroatoms. The summed E-state index contributed by atoms with van der Waals surface area (Å²) >= 11 is 6.38. The molecule has 0 spiro atoms. The third kappa shape index (κ3) is 4.16. The van der Waals surface area contributed by atoms with E-state index in [2.05, 4.69) is 4.98 Å². The van der Waals surface area contributed by atoms with Gasteiger partial charge in [0.05, 0.1) is 11.3 Å². The Morgan fingerprint density at radius 1 is 1.17 bits per heavy atom. The predicted octanol–water partition coefficient (Wildman–Crippen LogP) is 4.26. The molecule has 0 N–H and O–H groups in total. The van der Waals surface area contributed by atoms with Gasteiger partial charge in [0.25, 0.3) is 0 Å². The molecule has 1 aromatic heterocycles. The Labute approximate surface area is 179 Å². The minimum absolute atomic E-state index is 0.0933. The number of likely N-dealkylation sites (N-methyl/N-ethyl adjacent to an activating group) is 1. The number of ether oxygens (including phenoxy) is 2. The molecule has 1 unspecified atom stereocenters. The topological polar surface area (TPSA) is 85.8 Å². The summed E-state index contributed by atoms with van der Waals surface area (Å²) in [6, 6.07) is 10.2. The number of aryl methyl sites for hydroxylation is 1. The molecular formula is C22H23ClN2O5. The number of amides is 1. The lowest BCUT2D eigenvalue weighted by atomic mass is 9.74. The lowest BCUT2D eigenvalue weighted by Crippen LogP contribution is -2.54. The summed E-state index contributed by atoms with van der Waals surface area (Å²) in [6.45, 7) is 1.10. The van der Waals surface area contributed by atoms with Crippen LogP contribution in [0.25, 0.3) is 0 Å². The molecule has 0 bridgehead atoms. The summed E-state index contributed by atoms with van der Waals surface area (Å²) in [5.74, 6) is -0.741. The van der Waals surface area contributed by atoms with Crippen LogP contribution < -0.4 is 0 Å². The van der Waals surface area contributed by atoms with E-state index < -0.39 is 24.4 Å². The van der Waals surface area contributed by atoms with E-state index in [1.54, 1.807) is 49.5 Å². The maximum Gasteiger partial charge on any atom is 0.413 e. The fourth-order valence-corrected chi connectivity index (χ4v) is 4.09. The van der Waals surface area contributed by atoms with E-state index in [4.69, 9.17) is 21.1 Å². The van der Waals surface area contributed by atoms with Crippen molar-refractivity contribution in [2.75, 3.05) is 13.8 Å². The highest BCUT2D eigenvalue weighted by atomic mass is 35.5. The van der Waals surface area contributed by atoms with Gasteiger partial charge in [0.1, 0.15) is 5.54 Å². The summed E-state index contributed by atoms with van der Waals surface area (Å²) in [4.78, 5) is 43.2. The normalized spacial score (nSPS) is 18.6. The van der Waals surface area contributed by atoms with Gasteiger partial charge in [0.15, 0.2) is 5.78 Å². The molecule has 1 atom stereocenters. The average Bonchev–Trinajstić information content (AvgIpc) is 2.74. The quantitative estimate of drug-likeness (QED) is 0.520. The predicted molar refractivity (Wildman–Crippen MR) is 110 cm³/mol. The SMILES string of the molecule is Cc1ncccc1C(=O)OCOC(=O)N(C)C1(c2ccccc2Cl)CCCCC1=O. The average molecular weight is 431 g/mol. The van der Waals surface area contributed by atoms with Crippen molar-refractivity contribution < 1.29 is 23.9 Å². The number of carbonyl (C=O) groups excluding carboxylic acids is 3. The molecule has 1 heterocycles. The maximum absolute atomic E-state index is 13.0. The van der Waals surface area contributed by atoms with Crippen LogP contribution in [0.4, 0.5) is 4.79 Å². The number of carbonyl (C=O) groups is 3. The molecule has 1 aliphatic carbocycles. The van der Waals surface area contributed by atoms with Crippen molar-refractivity contribution in [3.05, 3.63) is 64.4 Å². The summed E-state index contributed by atoms with van der Waals surface area (Å²) in [6.07, 6.45) is 3.10. The van der Waals surface area contributed by atoms with Gasteiger partial charge in [0, 0.05) is 30.3 Å². The van der Waals surface area contributed by atoms with Crippen molar-refractivity contribution in [3.63, 3.8) is 0 Å². The van der Waals surface area contributed by atoms with Crippen molar-refractivity contribution in [3.8, 4) is 0 Å². The molecule has 0 saturated heterocycles. The van der Waals surface area contributed by atoms with Crippen LogP contribution in [0.2, 0.25) is 5.02 Å². The molecule has 0 radical (unpaired) electrons. The van der Waals surface area contributed by atoms with Crippen molar-refractivity contribution in [2.45, 2.75) is 38.1 Å². The number of ketones is 1. The van der Waals surface area contributed by atoms with Gasteiger partial charge in [-0.2, -0.15) is 0 Å². The highest BCUT2D eigenvalue weighted by molar-refractivity contribution is 6.31. The van der Waals surface area contributed by atoms with Gasteiger partial charge >= 0.3 is 12.1 Å². The first kappa shape index (κ1) is 21.8. The lowest BCUT2D eigenvalue weighted by molar-refractivity contribution is -0.133. The summed E-state index contributed by atoms with van der Waals surface area (Å²) in [5, 5.41) is 0.408. The van der Waals surface area contributed by atoms with Crippen LogP contribution in [0.1, 0.15) is 47.3 Å². The van der Waals surface area contributed by atoms with Crippen LogP contribution in [0.3, 0.4) is 0 Å². The van der Waals surface area contributed by atoms with Gasteiger partial charge in [-0.3, -0.25) is 14.7 Å². The Kier molecular flexibility index (Phi) is 6.72. The van der Waals surface area contributed by atoms with Crippen molar-refractivity contribution in [1.29, 1.82) is 0 Å². The molecule has 158 valence electrons. The number of benzene rings is 1. The van der Waals surface area contributed by atoms with Gasteiger partial charge in [-0.15, -0.1) is 0 Å². The highest BCUT2D eigenvalue weighted by Gasteiger charge is 2.48. The van der Waals surface area contributed by atoms with E-state index in [1.165, 1.54) is 11.9 Å². The van der Waals surface area contributed by atoms with Gasteiger partial charge < -0.3 is 9.47 Å². The third-order valence-corrected chi connectivity index (χ3v) is 5.75. The summed E-state index contributed by atoms with van der Waals surface area (Å²) < 4.78 is 10.2. The van der Waals surface area contributed by atoms with Gasteiger partial charge in [-0.05, 0) is 44.4 Å². The minimum atomic E-state index is -1.21. The maximum atomic E-state index is 13.0. The number of esters is 1. The van der Waals surface area contributed by atoms with Crippen LogP contribution in [0.5, 0.6) is 0 Å². The zero-order chi connectivity index (χ0) is 21.7. The standard InChI is InChI=1S/C22H23ClN2O5/c1-15-16(8-7-13-24-15)20(27)29-14-30-21(28)25(2)22(12-6-5-11-19(22)26)17-9-3-4-10-18(17)23/h3-4,7-10,13H,5-6,11-12,14H2,1-2H3. The molecule has 1 saturated carbocycles. The van der Waals surface area contributed by atoms with E-state index in [-0.39, 0.29) is 11.3 Å². The molecule has 2 aromatic rings. The van der Waals surface area contributed by atoms with Crippen LogP contribution in [-0.4, -0.2) is 41.6 Å². The number of Topliss-reactive ketones (excluding diaryl/α,β-unsaturated/α-hetero) is 1. The number of nitrogens with zero attached hydrogens (tertiary/aromatic N) is 2. The Balaban J connectivity index is 1.74. The number of aromatic nitrogens is 1. The Hall–Kier alpha value is -2.93. The van der Waals surface area contributed by atoms with Crippen molar-refractivity contribution in [1.82, 2.24) is 9.88 Å². The molecular weight excluding hydrogens is 408 g/mol. The number of hydrogen-bond donors (Lipinski definition) is 0. The summed E-state index contributed by atoms with van der Waals surface area (Å²) in [7, 11) is 1.50. The van der Waals surface area contributed by atoms with E-state index in [0.717, 1.165) is 12.8 Å². The first-order chi connectivity index (χ1) is 14.4. The second-order valence-corrected chi connectivity index (χ2v) is 7.53. The van der Waals surface area contributed by atoms with E-state index in [1.807, 2.05) is 0 Å². The Morgan fingerprint density at radius 2 is 1.93 bits per heavy atom. The first-order valence-electron chi connectivity index (χ1n) is 9.65. The molecule has 1 aromatic carbocycles. The highest BCUT2D eigenvalue weighted by Crippen LogP contribution is 2.42. The molecule has 0 aliphatic heterocycles. The molecule has 3 rings (SSSR count). The van der Waals surface area contributed by atoms with Crippen LogP contribution in [-0.2, 0) is 19.8 Å². The fourth-order valence-electron chi connectivity index (χ4n) is 3.79. The summed E-state index contributed by atoms with van der Waals surface area (Å²) in [5.41, 5.74) is 0.157. The minimum Gasteiger partial charge on any atom is -0.424 e. The first-order valence-corrected chi connectivity index (χ1v) is 10.0. The molecule has 7 nitrogen and oxygen atoms in total. The van der Waals surface area contributed by atoms with Crippen LogP contribution in [0.15, 0.2) is 42.6 Å². The molecule has 1 amide bonds. The zero-order valence-corrected chi connectivity index (χ0v) is 17.6. The second kappa shape index (κ2) is 9.26. The molecule has 1 aliphatic rings. The van der Waals surface area contributed by atoms with E-state index in [9.17, 15) is 14.4 Å².